The molecule has 0 aliphatic carbocycles. The largest absolute Gasteiger partial charge is 0.301 e. The molecule has 12 heavy (non-hydrogen) atoms. The van der Waals surface area contributed by atoms with E-state index < -0.39 is 0 Å². The van der Waals surface area contributed by atoms with Crippen molar-refractivity contribution in [2.75, 3.05) is 14.1 Å². The Labute approximate surface area is 76.8 Å². The molecule has 0 heterocycles. The van der Waals surface area contributed by atoms with Gasteiger partial charge < -0.3 is 10.6 Å². The molecule has 0 aliphatic rings. The van der Waals surface area contributed by atoms with Crippen molar-refractivity contribution in [1.82, 2.24) is 10.6 Å². The fraction of sp³-hybridized carbons (Fsp3) is 0.333. The molecule has 1 aromatic rings. The lowest BCUT2D eigenvalue weighted by Crippen LogP contribution is -2.32. The Kier molecular flexibility index (Phi) is 3.46. The first-order valence-corrected chi connectivity index (χ1v) is 5.19. The summed E-state index contributed by atoms with van der Waals surface area (Å²) in [5, 5.41) is 7.89. The molecule has 0 fully saturated rings. The Balaban J connectivity index is 2.92. The summed E-state index contributed by atoms with van der Waals surface area (Å²) in [6, 6.07) is 8.52. The predicted octanol–water partition coefficient (Wildman–Crippen LogP) is -0.885. The number of hydrogen-bond donors (Lipinski definition) is 2. The van der Waals surface area contributed by atoms with E-state index in [1.54, 1.807) is 0 Å². The highest BCUT2D eigenvalue weighted by Gasteiger charge is 2.06. The fourth-order valence-corrected chi connectivity index (χ4v) is 2.01. The van der Waals surface area contributed by atoms with Crippen LogP contribution in [-0.4, -0.2) is 24.3 Å². The first-order valence-electron chi connectivity index (χ1n) is 4.19. The van der Waals surface area contributed by atoms with Gasteiger partial charge in [0.2, 0.25) is 0 Å². The zero-order valence-electron chi connectivity index (χ0n) is 7.89. The maximum Gasteiger partial charge on any atom is 0.0829 e. The summed E-state index contributed by atoms with van der Waals surface area (Å²) in [5.74, 6) is 0. The van der Waals surface area contributed by atoms with Gasteiger partial charge in [-0.3, -0.25) is 0 Å². The molecular formula is C9H16N2Si. The van der Waals surface area contributed by atoms with Crippen LogP contribution in [0.5, 0.6) is 0 Å². The topological polar surface area (TPSA) is 24.1 Å². The fourth-order valence-electron chi connectivity index (χ4n) is 1.37. The minimum Gasteiger partial charge on any atom is -0.301 e. The molecule has 2 N–H and O–H groups in total. The van der Waals surface area contributed by atoms with Gasteiger partial charge in [0.05, 0.1) is 6.17 Å². The molecule has 0 radical (unpaired) electrons. The second kappa shape index (κ2) is 4.40. The van der Waals surface area contributed by atoms with Crippen molar-refractivity contribution in [3.8, 4) is 0 Å². The van der Waals surface area contributed by atoms with Crippen molar-refractivity contribution in [2.24, 2.45) is 0 Å². The monoisotopic (exact) mass is 180 g/mol. The van der Waals surface area contributed by atoms with Gasteiger partial charge in [0, 0.05) is 10.2 Å². The van der Waals surface area contributed by atoms with Crippen molar-refractivity contribution >= 4 is 15.4 Å². The predicted molar refractivity (Wildman–Crippen MR) is 56.9 cm³/mol. The van der Waals surface area contributed by atoms with Gasteiger partial charge >= 0.3 is 0 Å². The summed E-state index contributed by atoms with van der Waals surface area (Å²) in [6.45, 7) is 0. The molecular weight excluding hydrogens is 164 g/mol. The third-order valence-corrected chi connectivity index (χ3v) is 2.99. The Bertz CT molecular complexity index is 246. The molecule has 1 rings (SSSR count). The van der Waals surface area contributed by atoms with E-state index in [1.807, 2.05) is 14.1 Å². The highest BCUT2D eigenvalue weighted by molar-refractivity contribution is 6.33. The Hall–Kier alpha value is -0.643. The van der Waals surface area contributed by atoms with E-state index in [-0.39, 0.29) is 0 Å². The summed E-state index contributed by atoms with van der Waals surface area (Å²) < 4.78 is 0. The zero-order valence-corrected chi connectivity index (χ0v) is 9.89. The molecule has 0 saturated heterocycles. The van der Waals surface area contributed by atoms with Crippen LogP contribution in [0.2, 0.25) is 0 Å². The molecule has 0 aromatic heterocycles. The van der Waals surface area contributed by atoms with Crippen LogP contribution in [-0.2, 0) is 0 Å². The van der Waals surface area contributed by atoms with Crippen molar-refractivity contribution < 1.29 is 0 Å². The minimum absolute atomic E-state index is 0.290. The van der Waals surface area contributed by atoms with Gasteiger partial charge in [0.25, 0.3) is 0 Å². The van der Waals surface area contributed by atoms with Crippen LogP contribution >= 0.6 is 0 Å². The number of nitrogens with one attached hydrogen (secondary N) is 2. The van der Waals surface area contributed by atoms with Crippen LogP contribution in [0, 0.1) is 0 Å². The normalized spacial score (nSPS) is 10.9. The van der Waals surface area contributed by atoms with Crippen LogP contribution in [0.1, 0.15) is 11.7 Å². The molecule has 0 spiro atoms. The molecule has 2 nitrogen and oxygen atoms in total. The van der Waals surface area contributed by atoms with E-state index in [9.17, 15) is 0 Å². The highest BCUT2D eigenvalue weighted by Crippen LogP contribution is 2.04. The first-order chi connectivity index (χ1) is 5.79. The molecule has 0 amide bonds. The third-order valence-electron chi connectivity index (χ3n) is 2.08. The van der Waals surface area contributed by atoms with Gasteiger partial charge in [0.1, 0.15) is 0 Å². The van der Waals surface area contributed by atoms with Crippen LogP contribution in [0.15, 0.2) is 24.3 Å². The summed E-state index contributed by atoms with van der Waals surface area (Å²) in [6.07, 6.45) is 0.290. The van der Waals surface area contributed by atoms with Crippen LogP contribution in [0.25, 0.3) is 0 Å². The summed E-state index contributed by atoms with van der Waals surface area (Å²) in [7, 11) is 5.04. The molecule has 0 aliphatic heterocycles. The van der Waals surface area contributed by atoms with Crippen molar-refractivity contribution in [3.63, 3.8) is 0 Å². The maximum atomic E-state index is 3.22. The van der Waals surface area contributed by atoms with Crippen molar-refractivity contribution in [2.45, 2.75) is 6.17 Å². The molecule has 66 valence electrons. The molecule has 0 atom stereocenters. The van der Waals surface area contributed by atoms with Crippen LogP contribution in [0.4, 0.5) is 0 Å². The molecule has 3 heteroatoms. The quantitative estimate of drug-likeness (QED) is 0.466. The third kappa shape index (κ3) is 1.94. The number of hydrogen-bond acceptors (Lipinski definition) is 2. The van der Waals surface area contributed by atoms with E-state index in [0.717, 1.165) is 10.2 Å². The second-order valence-corrected chi connectivity index (χ2v) is 3.94. The maximum absolute atomic E-state index is 3.22. The summed E-state index contributed by atoms with van der Waals surface area (Å²) in [4.78, 5) is 0. The van der Waals surface area contributed by atoms with Gasteiger partial charge in [-0.25, -0.2) is 0 Å². The van der Waals surface area contributed by atoms with Gasteiger partial charge in [0.15, 0.2) is 0 Å². The average molecular weight is 180 g/mol. The lowest BCUT2D eigenvalue weighted by atomic mass is 10.2. The lowest BCUT2D eigenvalue weighted by molar-refractivity contribution is 0.522. The van der Waals surface area contributed by atoms with Crippen molar-refractivity contribution in [3.05, 3.63) is 29.8 Å². The van der Waals surface area contributed by atoms with E-state index in [2.05, 4.69) is 34.9 Å². The van der Waals surface area contributed by atoms with Crippen LogP contribution < -0.4 is 15.8 Å². The second-order valence-electron chi connectivity index (χ2n) is 2.87. The lowest BCUT2D eigenvalue weighted by Gasteiger charge is -2.17. The molecule has 1 aromatic carbocycles. The van der Waals surface area contributed by atoms with Crippen LogP contribution in [0.3, 0.4) is 0 Å². The van der Waals surface area contributed by atoms with Gasteiger partial charge in [-0.1, -0.05) is 29.5 Å². The SMILES string of the molecule is CNC(NC)c1ccccc1[SiH3]. The van der Waals surface area contributed by atoms with E-state index in [0.29, 0.717) is 6.17 Å². The Morgan fingerprint density at radius 1 is 1.17 bits per heavy atom. The highest BCUT2D eigenvalue weighted by atomic mass is 28.1. The summed E-state index contributed by atoms with van der Waals surface area (Å²) >= 11 is 0. The van der Waals surface area contributed by atoms with Gasteiger partial charge in [-0.05, 0) is 19.7 Å². The molecule has 0 unspecified atom stereocenters. The van der Waals surface area contributed by atoms with E-state index >= 15 is 0 Å². The van der Waals surface area contributed by atoms with E-state index in [4.69, 9.17) is 0 Å². The Morgan fingerprint density at radius 3 is 2.25 bits per heavy atom. The van der Waals surface area contributed by atoms with Gasteiger partial charge in [-0.15, -0.1) is 0 Å². The molecule has 0 saturated carbocycles. The van der Waals surface area contributed by atoms with E-state index in [1.165, 1.54) is 10.8 Å². The molecule has 0 bridgehead atoms. The first kappa shape index (κ1) is 9.44. The van der Waals surface area contributed by atoms with Crippen molar-refractivity contribution in [1.29, 1.82) is 0 Å². The smallest absolute Gasteiger partial charge is 0.0829 e. The zero-order chi connectivity index (χ0) is 8.97. The summed E-state index contributed by atoms with van der Waals surface area (Å²) in [5.41, 5.74) is 1.37. The number of benzene rings is 1. The Morgan fingerprint density at radius 2 is 1.75 bits per heavy atom. The number of rotatable bonds is 3. The standard InChI is InChI=1S/C9H16N2Si/c1-10-9(11-2)7-5-3-4-6-8(7)12/h3-6,9-11H,1-2,12H3. The minimum atomic E-state index is 0.290. The average Bonchev–Trinajstić information content (AvgIpc) is 2.10. The van der Waals surface area contributed by atoms with Gasteiger partial charge in [-0.2, -0.15) is 0 Å².